The van der Waals surface area contributed by atoms with Crippen molar-refractivity contribution in [1.82, 2.24) is 20.1 Å². The number of urea groups is 1. The fraction of sp³-hybridized carbons (Fsp3) is 0.333. The molecule has 2 unspecified atom stereocenters. The van der Waals surface area contributed by atoms with Crippen LogP contribution in [-0.2, 0) is 17.9 Å². The van der Waals surface area contributed by atoms with Crippen molar-refractivity contribution in [2.45, 2.75) is 31.3 Å². The summed E-state index contributed by atoms with van der Waals surface area (Å²) in [5, 5.41) is 3.27. The molecule has 2 aliphatic rings. The van der Waals surface area contributed by atoms with E-state index in [1.165, 1.54) is 11.8 Å². The fourth-order valence-electron chi connectivity index (χ4n) is 3.39. The molecule has 0 radical (unpaired) electrons. The number of aromatic nitrogens is 1. The summed E-state index contributed by atoms with van der Waals surface area (Å²) in [6.07, 6.45) is 3.41. The third-order valence-electron chi connectivity index (χ3n) is 5.00. The Morgan fingerprint density at radius 2 is 1.90 bits per heavy atom. The second-order valence-electron chi connectivity index (χ2n) is 7.11. The van der Waals surface area contributed by atoms with E-state index < -0.39 is 0 Å². The summed E-state index contributed by atoms with van der Waals surface area (Å²) in [5.74, 6) is -0.0640. The minimum atomic E-state index is -0.331. The number of rotatable bonds is 5. The molecule has 8 heteroatoms. The quantitative estimate of drug-likeness (QED) is 0.823. The number of hydrogen-bond acceptors (Lipinski definition) is 5. The highest BCUT2D eigenvalue weighted by Crippen LogP contribution is 2.31. The minimum absolute atomic E-state index is 0.0508. The maximum atomic E-state index is 12.8. The van der Waals surface area contributed by atoms with E-state index in [0.29, 0.717) is 31.3 Å². The number of pyridine rings is 1. The van der Waals surface area contributed by atoms with Gasteiger partial charge in [-0.1, -0.05) is 42.1 Å². The van der Waals surface area contributed by atoms with Gasteiger partial charge in [0.2, 0.25) is 5.91 Å². The molecular formula is C21H23N5O2S. The van der Waals surface area contributed by atoms with Gasteiger partial charge in [-0.05, 0) is 30.2 Å². The van der Waals surface area contributed by atoms with Crippen LogP contribution in [0.2, 0.25) is 0 Å². The molecule has 1 saturated heterocycles. The normalized spacial score (nSPS) is 21.4. The molecule has 0 saturated carbocycles. The maximum absolute atomic E-state index is 12.8. The van der Waals surface area contributed by atoms with Crippen LogP contribution in [0.4, 0.5) is 4.79 Å². The van der Waals surface area contributed by atoms with E-state index in [1.807, 2.05) is 54.3 Å². The lowest BCUT2D eigenvalue weighted by Gasteiger charge is -2.18. The van der Waals surface area contributed by atoms with Gasteiger partial charge in [-0.25, -0.2) is 4.79 Å². The number of nitrogens with zero attached hydrogens (tertiary/aromatic N) is 4. The first-order valence-electron chi connectivity index (χ1n) is 9.63. The van der Waals surface area contributed by atoms with Gasteiger partial charge in [-0.2, -0.15) is 0 Å². The van der Waals surface area contributed by atoms with E-state index in [-0.39, 0.29) is 23.2 Å². The molecule has 2 aromatic rings. The molecule has 150 valence electrons. The van der Waals surface area contributed by atoms with E-state index >= 15 is 0 Å². The summed E-state index contributed by atoms with van der Waals surface area (Å²) in [6, 6.07) is 13.5. The number of hydrogen-bond donors (Lipinski definition) is 1. The molecule has 0 spiro atoms. The third kappa shape index (κ3) is 4.42. The highest BCUT2D eigenvalue weighted by molar-refractivity contribution is 8.15. The number of thioether (sulfide) groups is 1. The summed E-state index contributed by atoms with van der Waals surface area (Å²) < 4.78 is 0. The van der Waals surface area contributed by atoms with Crippen LogP contribution in [-0.4, -0.2) is 56.3 Å². The monoisotopic (exact) mass is 409 g/mol. The van der Waals surface area contributed by atoms with Gasteiger partial charge in [0, 0.05) is 38.6 Å². The van der Waals surface area contributed by atoms with Gasteiger partial charge in [0.05, 0.1) is 6.04 Å². The highest BCUT2D eigenvalue weighted by atomic mass is 32.2. The van der Waals surface area contributed by atoms with Crippen molar-refractivity contribution in [1.29, 1.82) is 0 Å². The fourth-order valence-corrected chi connectivity index (χ4v) is 4.59. The molecule has 29 heavy (non-hydrogen) atoms. The zero-order chi connectivity index (χ0) is 20.2. The Morgan fingerprint density at radius 3 is 2.66 bits per heavy atom. The molecule has 2 aliphatic heterocycles. The van der Waals surface area contributed by atoms with Crippen molar-refractivity contribution in [2.24, 2.45) is 4.99 Å². The van der Waals surface area contributed by atoms with Crippen LogP contribution in [0.3, 0.4) is 0 Å². The smallest absolute Gasteiger partial charge is 0.326 e. The molecule has 1 fully saturated rings. The van der Waals surface area contributed by atoms with Crippen LogP contribution < -0.4 is 5.32 Å². The van der Waals surface area contributed by atoms with Crippen molar-refractivity contribution in [3.8, 4) is 0 Å². The van der Waals surface area contributed by atoms with Crippen molar-refractivity contribution >= 4 is 28.9 Å². The Morgan fingerprint density at radius 1 is 1.14 bits per heavy atom. The first kappa shape index (κ1) is 19.4. The van der Waals surface area contributed by atoms with E-state index in [9.17, 15) is 9.59 Å². The van der Waals surface area contributed by atoms with Gasteiger partial charge in [-0.3, -0.25) is 19.7 Å². The van der Waals surface area contributed by atoms with Crippen molar-refractivity contribution in [3.05, 3.63) is 66.0 Å². The lowest BCUT2D eigenvalue weighted by Crippen LogP contribution is -2.37. The van der Waals surface area contributed by atoms with Crippen LogP contribution in [0.1, 0.15) is 18.1 Å². The topological polar surface area (TPSA) is 77.9 Å². The molecular weight excluding hydrogens is 386 g/mol. The molecule has 3 heterocycles. The Balaban J connectivity index is 1.33. The molecule has 4 rings (SSSR count). The van der Waals surface area contributed by atoms with Gasteiger partial charge in [-0.15, -0.1) is 0 Å². The first-order valence-corrected chi connectivity index (χ1v) is 10.5. The zero-order valence-electron chi connectivity index (χ0n) is 16.2. The SMILES string of the molecule is CC1N=C(N2CCN(Cc3ccccc3)C2=O)SC1C(=O)NCc1ccncc1. The van der Waals surface area contributed by atoms with E-state index in [0.717, 1.165) is 11.1 Å². The molecule has 7 nitrogen and oxygen atoms in total. The number of benzene rings is 1. The zero-order valence-corrected chi connectivity index (χ0v) is 17.0. The number of aliphatic imine (C=N–C) groups is 1. The van der Waals surface area contributed by atoms with Crippen molar-refractivity contribution < 1.29 is 9.59 Å². The average Bonchev–Trinajstić information content (AvgIpc) is 3.30. The number of carbonyl (C=O) groups excluding carboxylic acids is 2. The van der Waals surface area contributed by atoms with Crippen LogP contribution in [0.5, 0.6) is 0 Å². The summed E-state index contributed by atoms with van der Waals surface area (Å²) in [6.45, 7) is 4.20. The lowest BCUT2D eigenvalue weighted by atomic mass is 10.2. The standard InChI is InChI=1S/C21H23N5O2S/c1-15-18(19(27)23-13-16-7-9-22-10-8-16)29-20(24-15)26-12-11-25(21(26)28)14-17-5-3-2-4-6-17/h2-10,15,18H,11-14H2,1H3,(H,23,27). The molecule has 1 aromatic heterocycles. The summed E-state index contributed by atoms with van der Waals surface area (Å²) in [5.41, 5.74) is 2.10. The van der Waals surface area contributed by atoms with Crippen LogP contribution >= 0.6 is 11.8 Å². The van der Waals surface area contributed by atoms with Crippen LogP contribution in [0.15, 0.2) is 59.9 Å². The largest absolute Gasteiger partial charge is 0.351 e. The highest BCUT2D eigenvalue weighted by Gasteiger charge is 2.40. The van der Waals surface area contributed by atoms with E-state index in [4.69, 9.17) is 0 Å². The molecule has 0 bridgehead atoms. The van der Waals surface area contributed by atoms with E-state index in [2.05, 4.69) is 15.3 Å². The third-order valence-corrected chi connectivity index (χ3v) is 6.40. The van der Waals surface area contributed by atoms with Crippen molar-refractivity contribution in [3.63, 3.8) is 0 Å². The van der Waals surface area contributed by atoms with Gasteiger partial charge >= 0.3 is 6.03 Å². The second kappa shape index (κ2) is 8.65. The Bertz CT molecular complexity index is 906. The minimum Gasteiger partial charge on any atom is -0.351 e. The average molecular weight is 410 g/mol. The number of amidine groups is 1. The Labute approximate surface area is 174 Å². The molecule has 0 aliphatic carbocycles. The molecule has 3 amide bonds. The number of carbonyl (C=O) groups is 2. The predicted octanol–water partition coefficient (Wildman–Crippen LogP) is 2.50. The Kier molecular flexibility index (Phi) is 5.80. The summed E-state index contributed by atoms with van der Waals surface area (Å²) in [7, 11) is 0. The van der Waals surface area contributed by atoms with Crippen LogP contribution in [0.25, 0.3) is 0 Å². The second-order valence-corrected chi connectivity index (χ2v) is 8.21. The molecule has 1 N–H and O–H groups in total. The van der Waals surface area contributed by atoms with Gasteiger partial charge < -0.3 is 10.2 Å². The van der Waals surface area contributed by atoms with Gasteiger partial charge in [0.15, 0.2) is 5.17 Å². The predicted molar refractivity (Wildman–Crippen MR) is 113 cm³/mol. The number of amides is 3. The van der Waals surface area contributed by atoms with E-state index in [1.54, 1.807) is 17.3 Å². The Hall–Kier alpha value is -2.87. The molecule has 1 aromatic carbocycles. The van der Waals surface area contributed by atoms with Crippen molar-refractivity contribution in [2.75, 3.05) is 13.1 Å². The lowest BCUT2D eigenvalue weighted by molar-refractivity contribution is -0.120. The number of nitrogens with one attached hydrogen (secondary N) is 1. The van der Waals surface area contributed by atoms with Gasteiger partial charge in [0.25, 0.3) is 0 Å². The summed E-state index contributed by atoms with van der Waals surface area (Å²) in [4.78, 5) is 37.6. The first-order chi connectivity index (χ1) is 14.1. The molecule has 2 atom stereocenters. The maximum Gasteiger partial charge on any atom is 0.326 e. The summed E-state index contributed by atoms with van der Waals surface area (Å²) >= 11 is 1.38. The van der Waals surface area contributed by atoms with Crippen LogP contribution in [0, 0.1) is 0 Å². The van der Waals surface area contributed by atoms with Gasteiger partial charge in [0.1, 0.15) is 5.25 Å².